The molecule has 0 spiro atoms. The van der Waals surface area contributed by atoms with Crippen LogP contribution in [0.25, 0.3) is 0 Å². The molecule has 6 amide bonds. The molecule has 0 aromatic carbocycles. The van der Waals surface area contributed by atoms with Crippen molar-refractivity contribution in [2.45, 2.75) is 18.1 Å². The van der Waals surface area contributed by atoms with Crippen LogP contribution in [0, 0.1) is 0 Å². The minimum absolute atomic E-state index is 0.0248. The highest BCUT2D eigenvalue weighted by atomic mass is 16.5. The van der Waals surface area contributed by atoms with Gasteiger partial charge in [-0.3, -0.25) is 30.0 Å². The zero-order chi connectivity index (χ0) is 23.9. The molecule has 9 N–H and O–H groups in total. The monoisotopic (exact) mass is 464 g/mol. The summed E-state index contributed by atoms with van der Waals surface area (Å²) in [5.41, 5.74) is 3.85. The van der Waals surface area contributed by atoms with Crippen molar-refractivity contribution >= 4 is 29.7 Å². The smallest absolute Gasteiger partial charge is 0.316 e. The Morgan fingerprint density at radius 3 is 1.75 bits per heavy atom. The lowest BCUT2D eigenvalue weighted by Gasteiger charge is -2.21. The van der Waals surface area contributed by atoms with Crippen molar-refractivity contribution in [1.29, 1.82) is 0 Å². The SMILES string of the molecule is O=C1COCCOCCNC(=O)[C@H](CO)NC(=O)N[C@@H](CO)C(=O)NNC(=O)[C@H](CO)N1. The Kier molecular flexibility index (Phi) is 12.5. The van der Waals surface area contributed by atoms with E-state index in [4.69, 9.17) is 9.47 Å². The van der Waals surface area contributed by atoms with Crippen LogP contribution in [0.15, 0.2) is 0 Å². The van der Waals surface area contributed by atoms with Crippen molar-refractivity contribution in [3.8, 4) is 0 Å². The Morgan fingerprint density at radius 2 is 1.19 bits per heavy atom. The fourth-order valence-corrected chi connectivity index (χ4v) is 2.23. The summed E-state index contributed by atoms with van der Waals surface area (Å²) in [6, 6.07) is -5.37. The average molecular weight is 464 g/mol. The average Bonchev–Trinajstić information content (AvgIpc) is 2.78. The maximum atomic E-state index is 12.1. The molecule has 1 fully saturated rings. The third kappa shape index (κ3) is 9.84. The van der Waals surface area contributed by atoms with Crippen LogP contribution in [0.5, 0.6) is 0 Å². The first-order valence-corrected chi connectivity index (χ1v) is 9.54. The minimum Gasteiger partial charge on any atom is -0.394 e. The molecular formula is C16H28N6O10. The quantitative estimate of drug-likeness (QED) is 0.191. The molecule has 0 aromatic heterocycles. The number of rotatable bonds is 3. The molecule has 32 heavy (non-hydrogen) atoms. The molecule has 1 aliphatic rings. The normalized spacial score (nSPS) is 25.7. The molecule has 0 aliphatic carbocycles. The van der Waals surface area contributed by atoms with Crippen molar-refractivity contribution in [2.24, 2.45) is 0 Å². The number of urea groups is 1. The van der Waals surface area contributed by atoms with Crippen molar-refractivity contribution in [3.63, 3.8) is 0 Å². The highest BCUT2D eigenvalue weighted by Crippen LogP contribution is 1.89. The number of aliphatic hydroxyl groups is 3. The van der Waals surface area contributed by atoms with Crippen molar-refractivity contribution in [3.05, 3.63) is 0 Å². The van der Waals surface area contributed by atoms with Gasteiger partial charge in [0.2, 0.25) is 11.8 Å². The van der Waals surface area contributed by atoms with Crippen LogP contribution >= 0.6 is 0 Å². The number of hydrogen-bond acceptors (Lipinski definition) is 10. The summed E-state index contributed by atoms with van der Waals surface area (Å²) in [5, 5.41) is 36.7. The number of hydrazine groups is 1. The first-order chi connectivity index (χ1) is 15.3. The molecule has 0 saturated carbocycles. The lowest BCUT2D eigenvalue weighted by molar-refractivity contribution is -0.135. The summed E-state index contributed by atoms with van der Waals surface area (Å²) in [4.78, 5) is 59.9. The van der Waals surface area contributed by atoms with E-state index in [1.807, 2.05) is 10.9 Å². The van der Waals surface area contributed by atoms with Gasteiger partial charge in [-0.05, 0) is 0 Å². The lowest BCUT2D eigenvalue weighted by atomic mass is 10.2. The molecule has 0 unspecified atom stereocenters. The highest BCUT2D eigenvalue weighted by molar-refractivity contribution is 5.92. The second kappa shape index (κ2) is 14.9. The predicted molar refractivity (Wildman–Crippen MR) is 103 cm³/mol. The van der Waals surface area contributed by atoms with Gasteiger partial charge in [0.25, 0.3) is 11.8 Å². The van der Waals surface area contributed by atoms with Gasteiger partial charge in [0.05, 0.1) is 39.6 Å². The second-order valence-corrected chi connectivity index (χ2v) is 6.33. The summed E-state index contributed by atoms with van der Waals surface area (Å²) in [6.07, 6.45) is 0. The molecule has 3 atom stereocenters. The standard InChI is InChI=1S/C16H28N6O10/c23-5-9-13(27)17-1-2-31-3-4-32-8-12(26)18-10(6-24)14(28)21-22-15(29)11(7-25)20-16(30)19-9/h9-11,23-25H,1-8H2,(H,17,27)(H,18,26)(H,21,28)(H,22,29)(H2,19,20,30)/t9-,10-,11-/m0/s1. The van der Waals surface area contributed by atoms with E-state index in [0.717, 1.165) is 0 Å². The van der Waals surface area contributed by atoms with E-state index >= 15 is 0 Å². The van der Waals surface area contributed by atoms with Gasteiger partial charge in [0.15, 0.2) is 0 Å². The zero-order valence-electron chi connectivity index (χ0n) is 17.1. The third-order valence-electron chi connectivity index (χ3n) is 3.90. The zero-order valence-corrected chi connectivity index (χ0v) is 17.1. The number of ether oxygens (including phenoxy) is 2. The van der Waals surface area contributed by atoms with Crippen LogP contribution < -0.4 is 32.1 Å². The van der Waals surface area contributed by atoms with Gasteiger partial charge in [-0.25, -0.2) is 4.79 Å². The Bertz CT molecular complexity index is 663. The van der Waals surface area contributed by atoms with Crippen LogP contribution in [0.3, 0.4) is 0 Å². The Labute approximate surface area is 182 Å². The summed E-state index contributed by atoms with van der Waals surface area (Å²) in [5.74, 6) is -3.47. The highest BCUT2D eigenvalue weighted by Gasteiger charge is 2.26. The Balaban J connectivity index is 2.83. The topological polar surface area (TPSA) is 237 Å². The first kappa shape index (κ1) is 27.0. The van der Waals surface area contributed by atoms with Gasteiger partial charge in [0.1, 0.15) is 24.7 Å². The maximum absolute atomic E-state index is 12.1. The van der Waals surface area contributed by atoms with E-state index in [9.17, 15) is 39.3 Å². The van der Waals surface area contributed by atoms with Gasteiger partial charge in [-0.15, -0.1) is 0 Å². The molecule has 1 heterocycles. The number of hydrogen-bond donors (Lipinski definition) is 9. The molecule has 0 aromatic rings. The number of amides is 6. The first-order valence-electron chi connectivity index (χ1n) is 9.54. The largest absolute Gasteiger partial charge is 0.394 e. The molecule has 1 rings (SSSR count). The number of carbonyl (C=O) groups is 5. The fourth-order valence-electron chi connectivity index (χ4n) is 2.23. The lowest BCUT2D eigenvalue weighted by Crippen LogP contribution is -2.60. The van der Waals surface area contributed by atoms with Crippen LogP contribution in [-0.2, 0) is 28.7 Å². The van der Waals surface area contributed by atoms with E-state index in [1.54, 1.807) is 0 Å². The molecule has 182 valence electrons. The van der Waals surface area contributed by atoms with Gasteiger partial charge >= 0.3 is 6.03 Å². The fraction of sp³-hybridized carbons (Fsp3) is 0.688. The van der Waals surface area contributed by atoms with E-state index < -0.39 is 74.2 Å². The summed E-state index contributed by atoms with van der Waals surface area (Å²) < 4.78 is 10.3. The second-order valence-electron chi connectivity index (χ2n) is 6.33. The van der Waals surface area contributed by atoms with Crippen LogP contribution in [0.1, 0.15) is 0 Å². The third-order valence-corrected chi connectivity index (χ3v) is 3.90. The van der Waals surface area contributed by atoms with Gasteiger partial charge in [0, 0.05) is 6.54 Å². The molecule has 0 bridgehead atoms. The van der Waals surface area contributed by atoms with E-state index in [2.05, 4.69) is 21.3 Å². The predicted octanol–water partition coefficient (Wildman–Crippen LogP) is -6.21. The van der Waals surface area contributed by atoms with Gasteiger partial charge in [-0.2, -0.15) is 0 Å². The van der Waals surface area contributed by atoms with Gasteiger partial charge in [-0.1, -0.05) is 0 Å². The van der Waals surface area contributed by atoms with Crippen molar-refractivity contribution in [1.82, 2.24) is 32.1 Å². The number of aliphatic hydroxyl groups excluding tert-OH is 3. The van der Waals surface area contributed by atoms with E-state index in [-0.39, 0.29) is 26.4 Å². The van der Waals surface area contributed by atoms with Crippen LogP contribution in [0.4, 0.5) is 4.79 Å². The molecule has 16 nitrogen and oxygen atoms in total. The van der Waals surface area contributed by atoms with Gasteiger partial charge < -0.3 is 46.1 Å². The van der Waals surface area contributed by atoms with Crippen molar-refractivity contribution in [2.75, 3.05) is 52.8 Å². The summed E-state index contributed by atoms with van der Waals surface area (Å²) in [6.45, 7) is -2.60. The molecule has 16 heteroatoms. The molecule has 1 aliphatic heterocycles. The Morgan fingerprint density at radius 1 is 0.688 bits per heavy atom. The number of nitrogens with one attached hydrogen (secondary N) is 6. The van der Waals surface area contributed by atoms with Crippen LogP contribution in [-0.4, -0.2) is 116 Å². The summed E-state index contributed by atoms with van der Waals surface area (Å²) >= 11 is 0. The molecular weight excluding hydrogens is 436 g/mol. The minimum atomic E-state index is -1.55. The number of carbonyl (C=O) groups excluding carboxylic acids is 5. The molecule has 1 saturated heterocycles. The van der Waals surface area contributed by atoms with Crippen molar-refractivity contribution < 1.29 is 48.8 Å². The maximum Gasteiger partial charge on any atom is 0.316 e. The Hall–Kier alpha value is -3.05. The van der Waals surface area contributed by atoms with E-state index in [0.29, 0.717) is 0 Å². The van der Waals surface area contributed by atoms with Crippen LogP contribution in [0.2, 0.25) is 0 Å². The summed E-state index contributed by atoms with van der Waals surface area (Å²) in [7, 11) is 0. The van der Waals surface area contributed by atoms with E-state index in [1.165, 1.54) is 0 Å². The molecule has 0 radical (unpaired) electrons.